The second-order valence-electron chi connectivity index (χ2n) is 6.88. The van der Waals surface area contributed by atoms with Crippen LogP contribution in [-0.4, -0.2) is 27.4 Å². The van der Waals surface area contributed by atoms with E-state index in [1.165, 1.54) is 42.7 Å². The zero-order valence-electron chi connectivity index (χ0n) is 17.2. The minimum Gasteiger partial charge on any atom is -0.465 e. The fraction of sp³-hybridized carbons (Fsp3) is 0.0435. The predicted molar refractivity (Wildman–Crippen MR) is 125 cm³/mol. The molecule has 168 valence electrons. The van der Waals surface area contributed by atoms with Gasteiger partial charge in [0.2, 0.25) is 0 Å². The molecule has 0 saturated heterocycles. The van der Waals surface area contributed by atoms with Crippen LogP contribution in [0.3, 0.4) is 0 Å². The number of halogens is 1. The average molecular weight is 485 g/mol. The zero-order chi connectivity index (χ0) is 23.6. The van der Waals surface area contributed by atoms with E-state index in [-0.39, 0.29) is 21.0 Å². The van der Waals surface area contributed by atoms with E-state index in [2.05, 4.69) is 10.0 Å². The van der Waals surface area contributed by atoms with Crippen molar-refractivity contribution in [2.24, 2.45) is 0 Å². The predicted octanol–water partition coefficient (Wildman–Crippen LogP) is 4.88. The highest BCUT2D eigenvalue weighted by Gasteiger charge is 2.21. The molecular formula is C23H17FN2O5S2. The van der Waals surface area contributed by atoms with Crippen molar-refractivity contribution in [2.45, 2.75) is 4.90 Å². The molecule has 7 nitrogen and oxygen atoms in total. The van der Waals surface area contributed by atoms with Gasteiger partial charge in [-0.3, -0.25) is 9.52 Å². The zero-order valence-corrected chi connectivity index (χ0v) is 18.8. The second kappa shape index (κ2) is 9.00. The van der Waals surface area contributed by atoms with E-state index >= 15 is 0 Å². The fourth-order valence-corrected chi connectivity index (χ4v) is 5.24. The Balaban J connectivity index is 1.55. The Kier molecular flexibility index (Phi) is 6.12. The third-order valence-corrected chi connectivity index (χ3v) is 7.28. The molecule has 1 heterocycles. The van der Waals surface area contributed by atoms with Gasteiger partial charge in [-0.1, -0.05) is 18.2 Å². The number of thiophene rings is 1. The molecule has 0 unspecified atom stereocenters. The molecule has 0 atom stereocenters. The van der Waals surface area contributed by atoms with Gasteiger partial charge in [0, 0.05) is 21.3 Å². The molecule has 33 heavy (non-hydrogen) atoms. The normalized spacial score (nSPS) is 11.2. The molecular weight excluding hydrogens is 467 g/mol. The lowest BCUT2D eigenvalue weighted by molar-refractivity contribution is 0.0607. The number of fused-ring (bicyclic) bond motifs is 1. The number of ether oxygens (including phenoxy) is 1. The van der Waals surface area contributed by atoms with E-state index in [0.717, 1.165) is 29.0 Å². The van der Waals surface area contributed by atoms with Crippen molar-refractivity contribution >= 4 is 54.7 Å². The number of anilines is 2. The summed E-state index contributed by atoms with van der Waals surface area (Å²) in [6.07, 6.45) is 0. The lowest BCUT2D eigenvalue weighted by Gasteiger charge is -2.10. The molecule has 0 fully saturated rings. The van der Waals surface area contributed by atoms with Crippen LogP contribution in [0, 0.1) is 5.82 Å². The van der Waals surface area contributed by atoms with Gasteiger partial charge in [0.05, 0.1) is 17.7 Å². The summed E-state index contributed by atoms with van der Waals surface area (Å²) >= 11 is 1.21. The highest BCUT2D eigenvalue weighted by atomic mass is 32.2. The Hall–Kier alpha value is -3.76. The Labute approximate surface area is 192 Å². The summed E-state index contributed by atoms with van der Waals surface area (Å²) in [6, 6.07) is 17.4. The van der Waals surface area contributed by atoms with Gasteiger partial charge >= 0.3 is 5.97 Å². The smallest absolute Gasteiger partial charge is 0.350 e. The molecule has 0 aliphatic carbocycles. The van der Waals surface area contributed by atoms with Crippen LogP contribution in [0.4, 0.5) is 15.8 Å². The van der Waals surface area contributed by atoms with Gasteiger partial charge in [-0.05, 0) is 54.6 Å². The van der Waals surface area contributed by atoms with Gasteiger partial charge in [0.1, 0.15) is 10.7 Å². The molecule has 0 radical (unpaired) electrons. The quantitative estimate of drug-likeness (QED) is 0.380. The minimum atomic E-state index is -3.91. The second-order valence-corrected chi connectivity index (χ2v) is 9.62. The SMILES string of the molecule is COC(=O)c1sc2ccccc2c1NC(=O)c1ccc(NS(=O)(=O)c2ccc(F)cc2)cc1. The topological polar surface area (TPSA) is 102 Å². The lowest BCUT2D eigenvalue weighted by Crippen LogP contribution is -2.15. The van der Waals surface area contributed by atoms with Crippen molar-refractivity contribution in [3.05, 3.63) is 89.1 Å². The molecule has 0 spiro atoms. The number of nitrogens with one attached hydrogen (secondary N) is 2. The fourth-order valence-electron chi connectivity index (χ4n) is 3.11. The first-order valence-corrected chi connectivity index (χ1v) is 11.9. The van der Waals surface area contributed by atoms with Crippen molar-refractivity contribution in [1.29, 1.82) is 0 Å². The summed E-state index contributed by atoms with van der Waals surface area (Å²) in [5.41, 5.74) is 0.839. The Bertz CT molecular complexity index is 1450. The number of esters is 1. The molecule has 10 heteroatoms. The molecule has 4 rings (SSSR count). The van der Waals surface area contributed by atoms with Gasteiger partial charge in [0.25, 0.3) is 15.9 Å². The third kappa shape index (κ3) is 4.71. The number of amides is 1. The lowest BCUT2D eigenvalue weighted by atomic mass is 10.1. The van der Waals surface area contributed by atoms with Crippen molar-refractivity contribution < 1.29 is 27.1 Å². The largest absolute Gasteiger partial charge is 0.465 e. The van der Waals surface area contributed by atoms with Crippen molar-refractivity contribution in [2.75, 3.05) is 17.1 Å². The van der Waals surface area contributed by atoms with E-state index in [4.69, 9.17) is 4.74 Å². The van der Waals surface area contributed by atoms with Gasteiger partial charge in [0.15, 0.2) is 0 Å². The number of hydrogen-bond donors (Lipinski definition) is 2. The van der Waals surface area contributed by atoms with Crippen molar-refractivity contribution in [1.82, 2.24) is 0 Å². The van der Waals surface area contributed by atoms with Crippen LogP contribution in [-0.2, 0) is 14.8 Å². The van der Waals surface area contributed by atoms with E-state index in [1.54, 1.807) is 12.1 Å². The molecule has 1 amide bonds. The summed E-state index contributed by atoms with van der Waals surface area (Å²) < 4.78 is 46.0. The number of hydrogen-bond acceptors (Lipinski definition) is 6. The molecule has 0 aliphatic heterocycles. The molecule has 0 aliphatic rings. The first-order valence-electron chi connectivity index (χ1n) is 9.58. The number of rotatable bonds is 6. The highest BCUT2D eigenvalue weighted by molar-refractivity contribution is 7.92. The van der Waals surface area contributed by atoms with Crippen LogP contribution in [0.1, 0.15) is 20.0 Å². The first-order chi connectivity index (χ1) is 15.8. The maximum absolute atomic E-state index is 13.1. The summed E-state index contributed by atoms with van der Waals surface area (Å²) in [5.74, 6) is -1.58. The van der Waals surface area contributed by atoms with Crippen LogP contribution < -0.4 is 10.0 Å². The molecule has 0 bridgehead atoms. The van der Waals surface area contributed by atoms with E-state index in [1.807, 2.05) is 12.1 Å². The summed E-state index contributed by atoms with van der Waals surface area (Å²) in [4.78, 5) is 25.2. The Morgan fingerprint density at radius 2 is 1.61 bits per heavy atom. The van der Waals surface area contributed by atoms with Crippen LogP contribution in [0.25, 0.3) is 10.1 Å². The van der Waals surface area contributed by atoms with E-state index < -0.39 is 27.7 Å². The minimum absolute atomic E-state index is 0.0922. The van der Waals surface area contributed by atoms with Crippen LogP contribution in [0.2, 0.25) is 0 Å². The number of sulfonamides is 1. The van der Waals surface area contributed by atoms with Crippen molar-refractivity contribution in [3.63, 3.8) is 0 Å². The number of benzene rings is 3. The molecule has 3 aromatic carbocycles. The van der Waals surface area contributed by atoms with Crippen LogP contribution >= 0.6 is 11.3 Å². The van der Waals surface area contributed by atoms with Gasteiger partial charge in [-0.25, -0.2) is 17.6 Å². The van der Waals surface area contributed by atoms with Crippen LogP contribution in [0.15, 0.2) is 77.7 Å². The number of carbonyl (C=O) groups is 2. The molecule has 1 aromatic heterocycles. The Morgan fingerprint density at radius 3 is 2.27 bits per heavy atom. The molecule has 0 saturated carbocycles. The van der Waals surface area contributed by atoms with E-state index in [0.29, 0.717) is 11.1 Å². The number of methoxy groups -OCH3 is 1. The highest BCUT2D eigenvalue weighted by Crippen LogP contribution is 2.36. The summed E-state index contributed by atoms with van der Waals surface area (Å²) in [5, 5.41) is 3.47. The van der Waals surface area contributed by atoms with Crippen LogP contribution in [0.5, 0.6) is 0 Å². The molecule has 4 aromatic rings. The van der Waals surface area contributed by atoms with Gasteiger partial charge in [-0.2, -0.15) is 0 Å². The first kappa shape index (κ1) is 22.4. The summed E-state index contributed by atoms with van der Waals surface area (Å²) in [7, 11) is -2.65. The number of carbonyl (C=O) groups excluding carboxylic acids is 2. The van der Waals surface area contributed by atoms with E-state index in [9.17, 15) is 22.4 Å². The monoisotopic (exact) mass is 484 g/mol. The Morgan fingerprint density at radius 1 is 0.939 bits per heavy atom. The standard InChI is InChI=1S/C23H17FN2O5S2/c1-31-23(28)21-20(18-4-2-3-5-19(18)32-21)25-22(27)14-6-10-16(11-7-14)26-33(29,30)17-12-8-15(24)9-13-17/h2-13,26H,1H3,(H,25,27). The maximum atomic E-state index is 13.1. The van der Waals surface area contributed by atoms with Gasteiger partial charge in [-0.15, -0.1) is 11.3 Å². The summed E-state index contributed by atoms with van der Waals surface area (Å²) in [6.45, 7) is 0. The van der Waals surface area contributed by atoms with Crippen molar-refractivity contribution in [3.8, 4) is 0 Å². The molecule has 2 N–H and O–H groups in total. The maximum Gasteiger partial charge on any atom is 0.350 e. The third-order valence-electron chi connectivity index (χ3n) is 4.73. The average Bonchev–Trinajstić information content (AvgIpc) is 3.17. The van der Waals surface area contributed by atoms with Gasteiger partial charge < -0.3 is 10.1 Å².